The number of rotatable bonds is 5. The predicted molar refractivity (Wildman–Crippen MR) is 143 cm³/mol. The van der Waals surface area contributed by atoms with Crippen molar-refractivity contribution in [2.45, 2.75) is 32.4 Å². The molecule has 1 aromatic carbocycles. The molecule has 0 saturated carbocycles. The Hall–Kier alpha value is -3.63. The van der Waals surface area contributed by atoms with Crippen molar-refractivity contribution < 1.29 is 14.6 Å². The predicted octanol–water partition coefficient (Wildman–Crippen LogP) is 4.36. The zero-order valence-corrected chi connectivity index (χ0v) is 21.9. The molecule has 0 unspecified atom stereocenters. The Labute approximate surface area is 221 Å². The normalized spacial score (nSPS) is 15.8. The number of hydrogen-bond donors (Lipinski definition) is 1. The van der Waals surface area contributed by atoms with Gasteiger partial charge in [0.2, 0.25) is 0 Å². The fraction of sp³-hybridized carbons (Fsp3) is 0.308. The van der Waals surface area contributed by atoms with Gasteiger partial charge in [-0.3, -0.25) is 14.3 Å². The van der Waals surface area contributed by atoms with Gasteiger partial charge in [-0.1, -0.05) is 11.6 Å². The smallest absolute Gasteiger partial charge is 0.407 e. The first-order chi connectivity index (χ1) is 17.7. The summed E-state index contributed by atoms with van der Waals surface area (Å²) in [6.45, 7) is 2.85. The van der Waals surface area contributed by atoms with Gasteiger partial charge in [0.25, 0.3) is 5.56 Å². The Balaban J connectivity index is 1.56. The van der Waals surface area contributed by atoms with Crippen molar-refractivity contribution in [3.63, 3.8) is 0 Å². The standard InChI is InChI=1S/C26H25ClN4O5S/c1-15-10-16(27)11-20(23(15)36-17-4-3-8-30(13-17)26(34)35)19-5-7-28-21-12-18(37-24(19)21)14-31-22(32)6-9-29(2)25(31)33/h5-7,9-12,17H,3-4,8,13-14H2,1-2H3,(H,34,35)/t17-/m0/s1. The van der Waals surface area contributed by atoms with Crippen molar-refractivity contribution in [3.8, 4) is 16.9 Å². The highest BCUT2D eigenvalue weighted by molar-refractivity contribution is 7.19. The van der Waals surface area contributed by atoms with Gasteiger partial charge in [0.05, 0.1) is 23.3 Å². The fourth-order valence-electron chi connectivity index (χ4n) is 4.65. The molecule has 0 spiro atoms. The number of amides is 1. The lowest BCUT2D eigenvalue weighted by molar-refractivity contribution is 0.0791. The fourth-order valence-corrected chi connectivity index (χ4v) is 6.06. The maximum absolute atomic E-state index is 12.5. The Morgan fingerprint density at radius 3 is 2.84 bits per heavy atom. The number of likely N-dealkylation sites (tertiary alicyclic amines) is 1. The highest BCUT2D eigenvalue weighted by atomic mass is 35.5. The first kappa shape index (κ1) is 25.0. The lowest BCUT2D eigenvalue weighted by atomic mass is 10.0. The van der Waals surface area contributed by atoms with E-state index in [2.05, 4.69) is 4.98 Å². The maximum Gasteiger partial charge on any atom is 0.407 e. The van der Waals surface area contributed by atoms with Crippen LogP contribution in [0.25, 0.3) is 21.3 Å². The molecule has 11 heteroatoms. The van der Waals surface area contributed by atoms with Crippen LogP contribution in [0.4, 0.5) is 4.79 Å². The maximum atomic E-state index is 12.5. The molecule has 9 nitrogen and oxygen atoms in total. The van der Waals surface area contributed by atoms with Crippen molar-refractivity contribution in [2.24, 2.45) is 7.05 Å². The van der Waals surface area contributed by atoms with Crippen LogP contribution in [0, 0.1) is 6.92 Å². The molecular formula is C26H25ClN4O5S. The van der Waals surface area contributed by atoms with Gasteiger partial charge >= 0.3 is 11.8 Å². The second kappa shape index (κ2) is 10.0. The Kier molecular flexibility index (Phi) is 6.78. The van der Waals surface area contributed by atoms with E-state index in [4.69, 9.17) is 16.3 Å². The van der Waals surface area contributed by atoms with Gasteiger partial charge in [0, 0.05) is 53.1 Å². The van der Waals surface area contributed by atoms with Gasteiger partial charge in [-0.15, -0.1) is 11.3 Å². The Morgan fingerprint density at radius 1 is 1.24 bits per heavy atom. The quantitative estimate of drug-likeness (QED) is 0.403. The van der Waals surface area contributed by atoms with Crippen molar-refractivity contribution in [3.05, 3.63) is 79.0 Å². The van der Waals surface area contributed by atoms with Crippen molar-refractivity contribution in [1.82, 2.24) is 19.0 Å². The van der Waals surface area contributed by atoms with Gasteiger partial charge in [-0.25, -0.2) is 9.59 Å². The number of halogens is 1. The first-order valence-corrected chi connectivity index (χ1v) is 13.0. The van der Waals surface area contributed by atoms with Gasteiger partial charge in [-0.05, 0) is 49.6 Å². The third-order valence-electron chi connectivity index (χ3n) is 6.48. The largest absolute Gasteiger partial charge is 0.488 e. The van der Waals surface area contributed by atoms with Crippen LogP contribution < -0.4 is 16.0 Å². The zero-order valence-electron chi connectivity index (χ0n) is 20.3. The molecule has 5 rings (SSSR count). The number of piperidine rings is 1. The Bertz CT molecular complexity index is 1630. The molecule has 0 radical (unpaired) electrons. The number of thiophene rings is 1. The summed E-state index contributed by atoms with van der Waals surface area (Å²) in [6.07, 6.45) is 3.41. The number of carbonyl (C=O) groups is 1. The summed E-state index contributed by atoms with van der Waals surface area (Å²) < 4.78 is 9.87. The number of ether oxygens (including phenoxy) is 1. The van der Waals surface area contributed by atoms with E-state index < -0.39 is 6.09 Å². The van der Waals surface area contributed by atoms with Crippen LogP contribution in [0.3, 0.4) is 0 Å². The number of hydrogen-bond acceptors (Lipinski definition) is 6. The highest BCUT2D eigenvalue weighted by Gasteiger charge is 2.26. The highest BCUT2D eigenvalue weighted by Crippen LogP contribution is 2.42. The average molecular weight is 541 g/mol. The topological polar surface area (TPSA) is 107 Å². The molecule has 1 fully saturated rings. The Morgan fingerprint density at radius 2 is 2.05 bits per heavy atom. The van der Waals surface area contributed by atoms with Gasteiger partial charge in [0.1, 0.15) is 11.9 Å². The first-order valence-electron chi connectivity index (χ1n) is 11.8. The second-order valence-electron chi connectivity index (χ2n) is 9.13. The molecule has 1 amide bonds. The molecule has 1 atom stereocenters. The van der Waals surface area contributed by atoms with Crippen LogP contribution in [-0.4, -0.2) is 49.4 Å². The summed E-state index contributed by atoms with van der Waals surface area (Å²) in [5.74, 6) is 0.650. The van der Waals surface area contributed by atoms with E-state index in [1.165, 1.54) is 37.6 Å². The second-order valence-corrected chi connectivity index (χ2v) is 10.7. The average Bonchev–Trinajstić information content (AvgIpc) is 3.29. The van der Waals surface area contributed by atoms with Crippen molar-refractivity contribution in [1.29, 1.82) is 0 Å². The van der Waals surface area contributed by atoms with E-state index in [-0.39, 0.29) is 23.9 Å². The molecule has 1 aliphatic rings. The van der Waals surface area contributed by atoms with E-state index in [1.807, 2.05) is 31.2 Å². The summed E-state index contributed by atoms with van der Waals surface area (Å²) in [4.78, 5) is 43.1. The van der Waals surface area contributed by atoms with Gasteiger partial charge in [0.15, 0.2) is 0 Å². The summed E-state index contributed by atoms with van der Waals surface area (Å²) >= 11 is 7.92. The molecule has 3 aromatic heterocycles. The van der Waals surface area contributed by atoms with E-state index in [9.17, 15) is 19.5 Å². The lowest BCUT2D eigenvalue weighted by Crippen LogP contribution is -2.43. The van der Waals surface area contributed by atoms with Crippen LogP contribution in [0.2, 0.25) is 5.02 Å². The number of aryl methyl sites for hydroxylation is 2. The van der Waals surface area contributed by atoms with Crippen LogP contribution in [0.15, 0.2) is 52.3 Å². The lowest BCUT2D eigenvalue weighted by Gasteiger charge is -2.32. The summed E-state index contributed by atoms with van der Waals surface area (Å²) in [5, 5.41) is 9.98. The molecule has 1 N–H and O–H groups in total. The van der Waals surface area contributed by atoms with Crippen LogP contribution in [0.1, 0.15) is 23.3 Å². The molecule has 192 valence electrons. The molecule has 4 heterocycles. The molecule has 37 heavy (non-hydrogen) atoms. The third kappa shape index (κ3) is 4.99. The van der Waals surface area contributed by atoms with Gasteiger partial charge < -0.3 is 19.3 Å². The molecule has 0 bridgehead atoms. The number of aromatic nitrogens is 3. The minimum atomic E-state index is -0.948. The van der Waals surface area contributed by atoms with E-state index in [0.717, 1.165) is 44.6 Å². The molecule has 4 aromatic rings. The number of carboxylic acid groups (broad SMARTS) is 1. The zero-order chi connectivity index (χ0) is 26.3. The van der Waals surface area contributed by atoms with Crippen molar-refractivity contribution in [2.75, 3.05) is 13.1 Å². The third-order valence-corrected chi connectivity index (χ3v) is 7.84. The van der Waals surface area contributed by atoms with E-state index >= 15 is 0 Å². The summed E-state index contributed by atoms with van der Waals surface area (Å²) in [7, 11) is 1.61. The number of nitrogens with zero attached hydrogens (tertiary/aromatic N) is 4. The monoisotopic (exact) mass is 540 g/mol. The summed E-state index contributed by atoms with van der Waals surface area (Å²) in [6, 6.07) is 8.81. The molecule has 1 saturated heterocycles. The van der Waals surface area contributed by atoms with Crippen LogP contribution in [-0.2, 0) is 13.6 Å². The van der Waals surface area contributed by atoms with Crippen LogP contribution >= 0.6 is 22.9 Å². The van der Waals surface area contributed by atoms with E-state index in [1.54, 1.807) is 13.2 Å². The molecular weight excluding hydrogens is 516 g/mol. The van der Waals surface area contributed by atoms with Gasteiger partial charge in [-0.2, -0.15) is 0 Å². The minimum Gasteiger partial charge on any atom is -0.488 e. The van der Waals surface area contributed by atoms with E-state index in [0.29, 0.717) is 23.9 Å². The van der Waals surface area contributed by atoms with Crippen molar-refractivity contribution >= 4 is 39.2 Å². The minimum absolute atomic E-state index is 0.137. The number of fused-ring (bicyclic) bond motifs is 1. The molecule has 0 aliphatic carbocycles. The SMILES string of the molecule is Cc1cc(Cl)cc(-c2ccnc3cc(Cn4c(=O)ccn(C)c4=O)sc23)c1O[C@H]1CCCN(C(=O)O)C1. The number of benzene rings is 1. The van der Waals surface area contributed by atoms with Crippen LogP contribution in [0.5, 0.6) is 5.75 Å². The summed E-state index contributed by atoms with van der Waals surface area (Å²) in [5.41, 5.74) is 2.47. The molecule has 1 aliphatic heterocycles. The number of pyridine rings is 1.